The number of Topliss-reactive ketones (excluding diaryl/α,β-unsaturated/α-hetero) is 2. The number of nitro benzene ring substituents is 2. The lowest BCUT2D eigenvalue weighted by molar-refractivity contribution is -0.385. The molecule has 87 heavy (non-hydrogen) atoms. The number of carbonyl (C=O) groups excluding carboxylic acids is 6. The minimum Gasteiger partial charge on any atom is -0.449 e. The fourth-order valence-corrected chi connectivity index (χ4v) is 5.87. The second kappa shape index (κ2) is 37.9. The van der Waals surface area contributed by atoms with Crippen molar-refractivity contribution in [3.63, 3.8) is 0 Å². The predicted octanol–water partition coefficient (Wildman–Crippen LogP) is 9.12. The van der Waals surface area contributed by atoms with Gasteiger partial charge in [0, 0.05) is 63.1 Å². The van der Waals surface area contributed by atoms with Gasteiger partial charge in [0.15, 0.2) is 17.5 Å². The highest BCUT2D eigenvalue weighted by Gasteiger charge is 2.59. The number of halogens is 13. The maximum Gasteiger partial charge on any atom is 0.423 e. The largest absolute Gasteiger partial charge is 0.449 e. The Morgan fingerprint density at radius 3 is 1.26 bits per heavy atom. The van der Waals surface area contributed by atoms with Crippen molar-refractivity contribution in [2.75, 3.05) is 34.0 Å². The van der Waals surface area contributed by atoms with Gasteiger partial charge < -0.3 is 50.5 Å². The number of hydrogen-bond donors (Lipinski definition) is 6. The van der Waals surface area contributed by atoms with Gasteiger partial charge in [-0.3, -0.25) is 55.1 Å². The molecule has 0 saturated carbocycles. The van der Waals surface area contributed by atoms with Crippen LogP contribution in [0.1, 0.15) is 92.2 Å². The number of carbonyl (C=O) groups is 6. The van der Waals surface area contributed by atoms with E-state index in [0.29, 0.717) is 17.5 Å². The molecule has 0 aliphatic rings. The number of ketones is 2. The number of aliphatic imine (C=N–C) groups is 1. The molecule has 3 amide bonds. The number of alkyl carbamates (subject to hydrolysis) is 1. The number of guanidine groups is 1. The molecule has 0 fully saturated rings. The maximum absolute atomic E-state index is 12.7. The summed E-state index contributed by atoms with van der Waals surface area (Å²) < 4.78 is 179. The summed E-state index contributed by atoms with van der Waals surface area (Å²) in [7, 11) is 2.38. The highest BCUT2D eigenvalue weighted by Crippen LogP contribution is 2.37. The van der Waals surface area contributed by atoms with Crippen molar-refractivity contribution in [1.82, 2.24) is 16.0 Å². The summed E-state index contributed by atoms with van der Waals surface area (Å²) in [6.07, 6.45) is -32.3. The number of non-ortho nitro benzene ring substituents is 2. The molecular weight excluding hydrogens is 1230 g/mol. The Morgan fingerprint density at radius 2 is 0.954 bits per heavy atom. The molecule has 2 aromatic carbocycles. The molecule has 8 N–H and O–H groups in total. The van der Waals surface area contributed by atoms with Gasteiger partial charge in [-0.1, -0.05) is 21.3 Å². The highest BCUT2D eigenvalue weighted by atomic mass is 35.5. The third kappa shape index (κ3) is 33.8. The first-order valence-corrected chi connectivity index (χ1v) is 24.4. The van der Waals surface area contributed by atoms with Crippen LogP contribution in [0.25, 0.3) is 0 Å². The number of methoxy groups -OCH3 is 2. The number of rotatable bonds is 29. The Balaban J connectivity index is -0.00000135. The molecule has 0 aliphatic heterocycles. The number of nitro groups is 2. The van der Waals surface area contributed by atoms with Crippen LogP contribution in [0, 0.1) is 25.6 Å². The summed E-state index contributed by atoms with van der Waals surface area (Å²) in [6.45, 7) is 1.77. The number of amidine groups is 1. The van der Waals surface area contributed by atoms with Crippen molar-refractivity contribution >= 4 is 69.7 Å². The predicted molar refractivity (Wildman–Crippen MR) is 285 cm³/mol. The molecule has 0 radical (unpaired) electrons. The van der Waals surface area contributed by atoms with E-state index < -0.39 is 124 Å². The smallest absolute Gasteiger partial charge is 0.423 e. The molecule has 0 bridgehead atoms. The number of nitrogens with two attached hydrogens (primary N) is 2. The zero-order valence-corrected chi connectivity index (χ0v) is 46.4. The fraction of sp³-hybridized carbons (Fsp3) is 0.592. The van der Waals surface area contributed by atoms with Crippen molar-refractivity contribution in [2.24, 2.45) is 16.5 Å². The number of hydrogen-bond acceptors (Lipinski definition) is 18. The van der Waals surface area contributed by atoms with Gasteiger partial charge in [0.25, 0.3) is 23.2 Å². The number of nitrogens with zero attached hydrogens (tertiary/aromatic N) is 3. The van der Waals surface area contributed by atoms with E-state index in [1.54, 1.807) is 0 Å². The second-order valence-electron chi connectivity index (χ2n) is 18.2. The Hall–Kier alpha value is -7.51. The van der Waals surface area contributed by atoms with E-state index in [0.717, 1.165) is 7.11 Å². The maximum atomic E-state index is 12.7. The van der Waals surface area contributed by atoms with Crippen LogP contribution in [0.5, 0.6) is 0 Å². The van der Waals surface area contributed by atoms with E-state index in [2.05, 4.69) is 35.2 Å². The van der Waals surface area contributed by atoms with Crippen LogP contribution in [0.3, 0.4) is 0 Å². The number of unbranched alkanes of at least 4 members (excludes halogenated alkanes) is 1. The van der Waals surface area contributed by atoms with Crippen LogP contribution in [0.15, 0.2) is 53.5 Å². The van der Waals surface area contributed by atoms with Crippen molar-refractivity contribution in [2.45, 2.75) is 154 Å². The standard InChI is InChI=1S/C23H29F6N5O8.C16H25F6N3O4.C8H6ClNO4.2CH4/c1-21(2,40-3)18(36)32-15(16(35)12-41-17(22(24,25)26)23(27,28)29)5-4-10-31-19(30)33-20(37)42-11-13-6-8-14(9-7-13)34(38)39;1-14(2,28-3)13(27)25-9(6-4-5-7-11(23)24)10(26)8-29-12(15(17,18)19)16(20,21)22;9-8(11)14-5-6-1-3-7(4-2-6)10(12)13;;/h6-9,15,17H,4-5,10-12H2,1-3H3,(H,32,36)(H3,30,31,33,37);9,12H,4-8H2,1-3H3,(H3,23,24)(H,25,27);1-4H,5H2;2*1H4/t15-;9-;;;/m00.../s1. The topological polar surface area (TPSA) is 368 Å². The molecule has 0 aliphatic carbocycles. The molecule has 0 saturated heterocycles. The Bertz CT molecular complexity index is 2550. The Morgan fingerprint density at radius 1 is 0.609 bits per heavy atom. The molecular formula is C49H68ClF12N9O16. The van der Waals surface area contributed by atoms with Gasteiger partial charge in [0.05, 0.1) is 27.8 Å². The minimum atomic E-state index is -5.84. The normalized spacial score (nSPS) is 12.7. The minimum absolute atomic E-state index is 0. The van der Waals surface area contributed by atoms with Gasteiger partial charge in [-0.25, -0.2) is 9.59 Å². The van der Waals surface area contributed by atoms with Crippen LogP contribution < -0.4 is 27.4 Å². The van der Waals surface area contributed by atoms with E-state index in [1.165, 1.54) is 83.3 Å². The van der Waals surface area contributed by atoms with Crippen molar-refractivity contribution in [1.29, 1.82) is 5.41 Å². The van der Waals surface area contributed by atoms with Gasteiger partial charge in [0.1, 0.15) is 37.6 Å². The lowest BCUT2D eigenvalue weighted by atomic mass is 10.0. The number of nitrogens with one attached hydrogen (secondary N) is 4. The highest BCUT2D eigenvalue weighted by molar-refractivity contribution is 6.61. The first-order chi connectivity index (χ1) is 38.9. The van der Waals surface area contributed by atoms with Crippen molar-refractivity contribution in [3.05, 3.63) is 79.9 Å². The Labute approximate surface area is 494 Å². The van der Waals surface area contributed by atoms with Gasteiger partial charge in [-0.15, -0.1) is 0 Å². The molecule has 25 nitrogen and oxygen atoms in total. The first kappa shape index (κ1) is 83.7. The van der Waals surface area contributed by atoms with E-state index in [-0.39, 0.29) is 83.9 Å². The van der Waals surface area contributed by atoms with Gasteiger partial charge in [-0.2, -0.15) is 52.7 Å². The zero-order valence-electron chi connectivity index (χ0n) is 45.6. The van der Waals surface area contributed by atoms with Crippen LogP contribution in [-0.2, 0) is 60.8 Å². The number of benzene rings is 2. The molecule has 496 valence electrons. The number of alkyl halides is 12. The summed E-state index contributed by atoms with van der Waals surface area (Å²) >= 11 is 4.94. The van der Waals surface area contributed by atoms with Gasteiger partial charge in [-0.05, 0) is 88.8 Å². The lowest BCUT2D eigenvalue weighted by Crippen LogP contribution is -2.52. The third-order valence-electron chi connectivity index (χ3n) is 10.8. The molecule has 2 rings (SSSR count). The summed E-state index contributed by atoms with van der Waals surface area (Å²) in [5, 5.41) is 34.6. The van der Waals surface area contributed by atoms with E-state index in [9.17, 15) is 102 Å². The molecule has 38 heteroatoms. The number of amides is 3. The lowest BCUT2D eigenvalue weighted by Gasteiger charge is -2.27. The van der Waals surface area contributed by atoms with E-state index in [1.807, 2.05) is 0 Å². The van der Waals surface area contributed by atoms with Crippen LogP contribution in [0.4, 0.5) is 73.6 Å². The van der Waals surface area contributed by atoms with Crippen molar-refractivity contribution < 1.29 is 120 Å². The number of ether oxygens (including phenoxy) is 6. The van der Waals surface area contributed by atoms with Gasteiger partial charge in [0.2, 0.25) is 12.2 Å². The molecule has 0 spiro atoms. The molecule has 0 aromatic heterocycles. The summed E-state index contributed by atoms with van der Waals surface area (Å²) in [6, 6.07) is 7.83. The molecule has 2 aromatic rings. The quantitative estimate of drug-likeness (QED) is 0.00840. The average molecular weight is 1300 g/mol. The summed E-state index contributed by atoms with van der Waals surface area (Å²) in [5.74, 6) is -4.66. The monoisotopic (exact) mass is 1300 g/mol. The van der Waals surface area contributed by atoms with Crippen molar-refractivity contribution in [3.8, 4) is 0 Å². The first-order valence-electron chi connectivity index (χ1n) is 24.0. The average Bonchev–Trinajstić information content (AvgIpc) is 2.27. The molecule has 2 atom stereocenters. The third-order valence-corrected chi connectivity index (χ3v) is 11.0. The van der Waals surface area contributed by atoms with E-state index in [4.69, 9.17) is 42.7 Å². The van der Waals surface area contributed by atoms with Crippen LogP contribution >= 0.6 is 11.6 Å². The van der Waals surface area contributed by atoms with Gasteiger partial charge >= 0.3 is 36.2 Å². The zero-order chi connectivity index (χ0) is 65.9. The molecule has 0 unspecified atom stereocenters. The van der Waals surface area contributed by atoms with Crippen LogP contribution in [0.2, 0.25) is 0 Å². The van der Waals surface area contributed by atoms with Crippen LogP contribution in [-0.4, -0.2) is 151 Å². The van der Waals surface area contributed by atoms with E-state index >= 15 is 0 Å². The summed E-state index contributed by atoms with van der Waals surface area (Å²) in [4.78, 5) is 95.0. The second-order valence-corrected chi connectivity index (χ2v) is 18.5. The fourth-order valence-electron chi connectivity index (χ4n) is 5.81. The molecule has 0 heterocycles. The Kier molecular flexibility index (Phi) is 36.5. The summed E-state index contributed by atoms with van der Waals surface area (Å²) in [5.41, 5.74) is 7.87. The SMILES string of the molecule is C.C.COC(C)(C)C(=O)N[C@@H](CCCCC(=N)N)C(=O)COC(C(F)(F)F)C(F)(F)F.COC(C)(C)C(=O)N[C@@H](CCCN=C(N)NC(=O)OCc1ccc([N+](=O)[O-])cc1)C(=O)COC(C(F)(F)F)C(F)(F)F.O=C(Cl)OCc1ccc([N+](=O)[O-])cc1.